The van der Waals surface area contributed by atoms with Crippen molar-refractivity contribution in [3.8, 4) is 5.75 Å². The molecule has 18 heteroatoms. The van der Waals surface area contributed by atoms with Gasteiger partial charge >= 0.3 is 0 Å². The number of piperidine rings is 1. The Balaban J connectivity index is 0.618. The van der Waals surface area contributed by atoms with Gasteiger partial charge in [-0.3, -0.25) is 43.9 Å². The fourth-order valence-electron chi connectivity index (χ4n) is 10.3. The molecule has 6 amide bonds. The molecule has 3 aromatic carbocycles. The molecule has 5 aromatic rings. The number of aromatic nitrogens is 4. The number of anilines is 3. The summed E-state index contributed by atoms with van der Waals surface area (Å²) in [6.07, 6.45) is 9.91. The molecule has 5 aliphatic rings. The Morgan fingerprint density at radius 1 is 0.779 bits per heavy atom. The molecule has 4 fully saturated rings. The lowest BCUT2D eigenvalue weighted by atomic mass is 9.81. The lowest BCUT2D eigenvalue weighted by molar-refractivity contribution is -0.136. The Morgan fingerprint density at radius 2 is 1.53 bits per heavy atom. The molecule has 2 aliphatic carbocycles. The fourth-order valence-corrected chi connectivity index (χ4v) is 10.3. The van der Waals surface area contributed by atoms with E-state index in [0.717, 1.165) is 93.0 Å². The van der Waals surface area contributed by atoms with Crippen LogP contribution < -0.4 is 30.9 Å². The van der Waals surface area contributed by atoms with Crippen molar-refractivity contribution in [2.45, 2.75) is 75.9 Å². The second-order valence-electron chi connectivity index (χ2n) is 18.7. The minimum Gasteiger partial charge on any atom is -0.484 e. The number of carbonyl (C=O) groups excluding carboxylic acids is 6. The molecular weight excluding hydrogens is 867 g/mol. The van der Waals surface area contributed by atoms with Crippen molar-refractivity contribution in [2.75, 3.05) is 56.1 Å². The molecule has 352 valence electrons. The highest BCUT2D eigenvalue weighted by Crippen LogP contribution is 2.36. The van der Waals surface area contributed by atoms with Crippen molar-refractivity contribution < 1.29 is 33.5 Å². The summed E-state index contributed by atoms with van der Waals surface area (Å²) in [4.78, 5) is 95.1. The lowest BCUT2D eigenvalue weighted by Gasteiger charge is -2.39. The Morgan fingerprint density at radius 3 is 2.29 bits per heavy atom. The fraction of sp³-hybridized carbons (Fsp3) is 0.420. The van der Waals surface area contributed by atoms with Crippen LogP contribution in [0.15, 0.2) is 85.5 Å². The maximum atomic E-state index is 13.1. The van der Waals surface area contributed by atoms with Gasteiger partial charge in [-0.05, 0) is 105 Å². The zero-order chi connectivity index (χ0) is 46.7. The maximum Gasteiger partial charge on any atom is 0.262 e. The van der Waals surface area contributed by atoms with E-state index in [1.807, 2.05) is 36.7 Å². The summed E-state index contributed by atoms with van der Waals surface area (Å²) in [5, 5.41) is 11.8. The van der Waals surface area contributed by atoms with E-state index in [1.165, 1.54) is 23.9 Å². The van der Waals surface area contributed by atoms with E-state index in [2.05, 4.69) is 74.9 Å². The molecule has 1 unspecified atom stereocenters. The molecule has 18 nitrogen and oxygen atoms in total. The minimum absolute atomic E-state index is 0.0422. The van der Waals surface area contributed by atoms with Gasteiger partial charge < -0.3 is 30.2 Å². The van der Waals surface area contributed by atoms with Crippen molar-refractivity contribution in [1.29, 1.82) is 0 Å². The molecule has 4 N–H and O–H groups in total. The highest BCUT2D eigenvalue weighted by molar-refractivity contribution is 6.23. The van der Waals surface area contributed by atoms with Crippen LogP contribution in [0, 0.1) is 11.8 Å². The summed E-state index contributed by atoms with van der Waals surface area (Å²) in [7, 11) is 0. The SMILES string of the molecule is O=C(COc1ccc2c(c1)C(=O)N(C1CCC(=O)NC1=O)C2=O)NCC1CCC(CN2CCN(c3ccc(Nc4ncnc5c4ncn5C4CC(NC(=O)Cc5ccccc5)C4)cc3)CC2)CC1. The number of nitrogens with one attached hydrogen (secondary N) is 4. The Kier molecular flexibility index (Phi) is 12.8. The normalized spacial score (nSPS) is 22.9. The van der Waals surface area contributed by atoms with Gasteiger partial charge in [0.1, 0.15) is 18.1 Å². The number of hydrogen-bond acceptors (Lipinski definition) is 13. The van der Waals surface area contributed by atoms with E-state index in [-0.39, 0.29) is 60.2 Å². The van der Waals surface area contributed by atoms with Crippen LogP contribution in [0.4, 0.5) is 17.2 Å². The van der Waals surface area contributed by atoms with E-state index >= 15 is 0 Å². The van der Waals surface area contributed by atoms with E-state index in [1.54, 1.807) is 6.33 Å². The molecule has 0 bridgehead atoms. The van der Waals surface area contributed by atoms with E-state index < -0.39 is 29.7 Å². The lowest BCUT2D eigenvalue weighted by Crippen LogP contribution is -2.54. The van der Waals surface area contributed by atoms with Gasteiger partial charge in [-0.1, -0.05) is 30.3 Å². The first-order valence-electron chi connectivity index (χ1n) is 23.7. The van der Waals surface area contributed by atoms with Crippen LogP contribution in [0.2, 0.25) is 0 Å². The van der Waals surface area contributed by atoms with Crippen molar-refractivity contribution in [3.63, 3.8) is 0 Å². The summed E-state index contributed by atoms with van der Waals surface area (Å²) in [6, 6.07) is 22.0. The van der Waals surface area contributed by atoms with Crippen molar-refractivity contribution >= 4 is 63.8 Å². The van der Waals surface area contributed by atoms with Gasteiger partial charge in [0.25, 0.3) is 17.7 Å². The Bertz CT molecular complexity index is 2710. The predicted molar refractivity (Wildman–Crippen MR) is 251 cm³/mol. The Hall–Kier alpha value is -7.21. The number of imidazole rings is 1. The third-order valence-corrected chi connectivity index (χ3v) is 14.2. The number of benzene rings is 3. The predicted octanol–water partition coefficient (Wildman–Crippen LogP) is 4.16. The first-order chi connectivity index (χ1) is 33.1. The van der Waals surface area contributed by atoms with Gasteiger partial charge in [-0.15, -0.1) is 0 Å². The quantitative estimate of drug-likeness (QED) is 0.109. The third kappa shape index (κ3) is 9.77. The molecule has 2 saturated carbocycles. The molecule has 3 aliphatic heterocycles. The van der Waals surface area contributed by atoms with Crippen molar-refractivity contribution in [2.24, 2.45) is 11.8 Å². The van der Waals surface area contributed by atoms with Crippen LogP contribution in [-0.4, -0.2) is 123 Å². The number of imide groups is 2. The molecule has 2 aromatic heterocycles. The number of rotatable bonds is 15. The number of carbonyl (C=O) groups is 6. The highest BCUT2D eigenvalue weighted by Gasteiger charge is 2.45. The monoisotopic (exact) mass is 921 g/mol. The van der Waals surface area contributed by atoms with Crippen molar-refractivity contribution in [1.82, 2.24) is 45.3 Å². The van der Waals surface area contributed by atoms with Crippen LogP contribution in [0.25, 0.3) is 11.2 Å². The number of nitrogens with zero attached hydrogens (tertiary/aromatic N) is 7. The first kappa shape index (κ1) is 44.6. The average molecular weight is 922 g/mol. The number of piperazine rings is 1. The summed E-state index contributed by atoms with van der Waals surface area (Å²) in [5.41, 5.74) is 4.86. The van der Waals surface area contributed by atoms with Gasteiger partial charge in [0, 0.05) is 69.1 Å². The molecule has 68 heavy (non-hydrogen) atoms. The average Bonchev–Trinajstić information content (AvgIpc) is 3.87. The van der Waals surface area contributed by atoms with Crippen LogP contribution in [0.5, 0.6) is 5.75 Å². The number of amides is 6. The second-order valence-corrected chi connectivity index (χ2v) is 18.7. The zero-order valence-corrected chi connectivity index (χ0v) is 37.8. The Labute approximate surface area is 393 Å². The zero-order valence-electron chi connectivity index (χ0n) is 37.8. The molecule has 0 radical (unpaired) electrons. The standard InChI is InChI=1S/C50H55N11O7/c62-42-17-16-41(48(65)57-42)61-49(66)39-15-14-38(25-40(39)50(61)67)68-28-44(64)51-26-32-6-8-33(9-7-32)27-58-18-20-59(21-19-58)36-12-10-34(11-13-36)56-46-45-47(53-29-52-46)60(30-54-45)37-23-35(24-37)55-43(63)22-31-4-2-1-3-5-31/h1-5,10-15,25,29-30,32-33,35,37,41H,6-9,16-24,26-28H2,(H,51,64)(H,55,63)(H,52,53,56)(H,57,62,65). The van der Waals surface area contributed by atoms with Crippen LogP contribution in [0.3, 0.4) is 0 Å². The summed E-state index contributed by atoms with van der Waals surface area (Å²) >= 11 is 0. The van der Waals surface area contributed by atoms with Crippen LogP contribution >= 0.6 is 0 Å². The van der Waals surface area contributed by atoms with E-state index in [4.69, 9.17) is 4.74 Å². The number of ether oxygens (including phenoxy) is 1. The molecule has 10 rings (SSSR count). The number of fused-ring (bicyclic) bond motifs is 2. The van der Waals surface area contributed by atoms with Gasteiger partial charge in [-0.2, -0.15) is 0 Å². The summed E-state index contributed by atoms with van der Waals surface area (Å²) in [6.45, 7) is 5.35. The highest BCUT2D eigenvalue weighted by atomic mass is 16.5. The minimum atomic E-state index is -1.05. The number of hydrogen-bond donors (Lipinski definition) is 4. The van der Waals surface area contributed by atoms with Crippen LogP contribution in [-0.2, 0) is 25.6 Å². The molecule has 0 spiro atoms. The molecule has 1 atom stereocenters. The summed E-state index contributed by atoms with van der Waals surface area (Å²) < 4.78 is 7.79. The maximum absolute atomic E-state index is 13.1. The van der Waals surface area contributed by atoms with Gasteiger partial charge in [0.15, 0.2) is 23.6 Å². The van der Waals surface area contributed by atoms with E-state index in [0.29, 0.717) is 36.1 Å². The molecule has 2 saturated heterocycles. The van der Waals surface area contributed by atoms with Gasteiger partial charge in [0.05, 0.1) is 23.9 Å². The first-order valence-corrected chi connectivity index (χ1v) is 23.7. The van der Waals surface area contributed by atoms with Crippen molar-refractivity contribution in [3.05, 3.63) is 102 Å². The van der Waals surface area contributed by atoms with E-state index in [9.17, 15) is 28.8 Å². The smallest absolute Gasteiger partial charge is 0.262 e. The largest absolute Gasteiger partial charge is 0.484 e. The molecular formula is C50H55N11O7. The summed E-state index contributed by atoms with van der Waals surface area (Å²) in [5.74, 6) is -0.583. The second kappa shape index (κ2) is 19.6. The van der Waals surface area contributed by atoms with Gasteiger partial charge in [0.2, 0.25) is 17.7 Å². The van der Waals surface area contributed by atoms with Crippen LogP contribution in [0.1, 0.15) is 83.7 Å². The van der Waals surface area contributed by atoms with Gasteiger partial charge in [-0.25, -0.2) is 15.0 Å². The topological polar surface area (TPSA) is 213 Å². The third-order valence-electron chi connectivity index (χ3n) is 14.2. The molecule has 5 heterocycles.